The molecule has 2 aromatic carbocycles. The van der Waals surface area contributed by atoms with E-state index in [1.165, 1.54) is 16.5 Å². The Bertz CT molecular complexity index is 1060. The Morgan fingerprint density at radius 2 is 2.00 bits per heavy atom. The van der Waals surface area contributed by atoms with Crippen LogP contribution in [0.1, 0.15) is 27.3 Å². The number of thiazole rings is 1. The van der Waals surface area contributed by atoms with Crippen molar-refractivity contribution in [2.75, 3.05) is 11.9 Å². The number of carbonyl (C=O) groups excluding carboxylic acids is 1. The molecule has 144 valence electrons. The highest BCUT2D eigenvalue weighted by Crippen LogP contribution is 2.29. The zero-order valence-electron chi connectivity index (χ0n) is 15.8. The summed E-state index contributed by atoms with van der Waals surface area (Å²) in [6.07, 6.45) is 4.12. The number of anilines is 1. The van der Waals surface area contributed by atoms with Crippen molar-refractivity contribution in [2.45, 2.75) is 19.5 Å². The van der Waals surface area contributed by atoms with Gasteiger partial charge in [0.15, 0.2) is 5.13 Å². The van der Waals surface area contributed by atoms with Gasteiger partial charge < -0.3 is 0 Å². The number of hydrogen-bond donors (Lipinski definition) is 1. The monoisotopic (exact) mass is 400 g/mol. The lowest BCUT2D eigenvalue weighted by atomic mass is 10.1. The second kappa shape index (κ2) is 8.82. The summed E-state index contributed by atoms with van der Waals surface area (Å²) in [5.74, 6) is -0.207. The highest BCUT2D eigenvalue weighted by atomic mass is 32.1. The van der Waals surface area contributed by atoms with Crippen molar-refractivity contribution < 1.29 is 4.79 Å². The average molecular weight is 401 g/mol. The molecule has 1 N–H and O–H groups in total. The molecular formula is C23H20N4OS. The van der Waals surface area contributed by atoms with Crippen LogP contribution in [0.5, 0.6) is 0 Å². The number of nitriles is 1. The Morgan fingerprint density at radius 3 is 2.76 bits per heavy atom. The molecule has 5 nitrogen and oxygen atoms in total. The summed E-state index contributed by atoms with van der Waals surface area (Å²) in [5.41, 5.74) is 3.86. The molecule has 1 aliphatic heterocycles. The molecule has 0 saturated heterocycles. The largest absolute Gasteiger partial charge is 0.298 e. The van der Waals surface area contributed by atoms with E-state index in [0.29, 0.717) is 10.7 Å². The number of fused-ring (bicyclic) bond motifs is 1. The van der Waals surface area contributed by atoms with Gasteiger partial charge in [0.1, 0.15) is 0 Å². The van der Waals surface area contributed by atoms with Crippen LogP contribution in [-0.4, -0.2) is 22.3 Å². The number of benzene rings is 2. The van der Waals surface area contributed by atoms with Crippen LogP contribution in [0.2, 0.25) is 0 Å². The minimum atomic E-state index is -0.207. The van der Waals surface area contributed by atoms with Gasteiger partial charge in [0.25, 0.3) is 0 Å². The first-order valence-electron chi connectivity index (χ1n) is 9.44. The van der Waals surface area contributed by atoms with Gasteiger partial charge in [-0.2, -0.15) is 5.26 Å². The molecule has 0 atom stereocenters. The van der Waals surface area contributed by atoms with E-state index in [-0.39, 0.29) is 5.91 Å². The summed E-state index contributed by atoms with van der Waals surface area (Å²) in [6.45, 7) is 2.75. The van der Waals surface area contributed by atoms with E-state index in [2.05, 4.69) is 45.5 Å². The molecule has 29 heavy (non-hydrogen) atoms. The summed E-state index contributed by atoms with van der Waals surface area (Å²) in [5, 5.41) is 12.3. The molecule has 1 aromatic heterocycles. The summed E-state index contributed by atoms with van der Waals surface area (Å²) in [7, 11) is 0. The second-order valence-electron chi connectivity index (χ2n) is 6.89. The van der Waals surface area contributed by atoms with Crippen LogP contribution >= 0.6 is 11.3 Å². The predicted octanol–water partition coefficient (Wildman–Crippen LogP) is 4.22. The Morgan fingerprint density at radius 1 is 1.21 bits per heavy atom. The maximum atomic E-state index is 12.2. The van der Waals surface area contributed by atoms with Crippen molar-refractivity contribution in [3.05, 3.63) is 87.9 Å². The topological polar surface area (TPSA) is 69.0 Å². The second-order valence-corrected chi connectivity index (χ2v) is 7.98. The number of nitrogens with zero attached hydrogens (tertiary/aromatic N) is 3. The van der Waals surface area contributed by atoms with Gasteiger partial charge in [0.05, 0.1) is 17.3 Å². The van der Waals surface area contributed by atoms with Crippen molar-refractivity contribution in [3.63, 3.8) is 0 Å². The summed E-state index contributed by atoms with van der Waals surface area (Å²) < 4.78 is 0. The zero-order chi connectivity index (χ0) is 20.1. The van der Waals surface area contributed by atoms with Crippen LogP contribution in [0.4, 0.5) is 5.13 Å². The maximum absolute atomic E-state index is 12.2. The number of rotatable bonds is 5. The Hall–Kier alpha value is -3.27. The first-order chi connectivity index (χ1) is 14.2. The smallest absolute Gasteiger partial charge is 0.250 e. The van der Waals surface area contributed by atoms with Crippen LogP contribution in [0.15, 0.2) is 60.7 Å². The summed E-state index contributed by atoms with van der Waals surface area (Å²) in [4.78, 5) is 20.5. The minimum absolute atomic E-state index is 0.207. The number of carbonyl (C=O) groups is 1. The molecule has 1 amide bonds. The van der Waals surface area contributed by atoms with E-state index < -0.39 is 0 Å². The molecule has 1 aliphatic rings. The number of amides is 1. The van der Waals surface area contributed by atoms with E-state index in [4.69, 9.17) is 5.26 Å². The number of nitrogens with one attached hydrogen (secondary N) is 1. The zero-order valence-corrected chi connectivity index (χ0v) is 16.7. The molecule has 0 aliphatic carbocycles. The SMILES string of the molecule is N#Cc1ccc(/C=C/C(=O)Nc2nc3c(s2)CN(Cc2ccccc2)CC3)cc1. The lowest BCUT2D eigenvalue weighted by molar-refractivity contribution is -0.111. The lowest BCUT2D eigenvalue weighted by Crippen LogP contribution is -2.29. The van der Waals surface area contributed by atoms with E-state index in [1.807, 2.05) is 18.2 Å². The molecule has 0 unspecified atom stereocenters. The van der Waals surface area contributed by atoms with Gasteiger partial charge in [0.2, 0.25) is 5.91 Å². The predicted molar refractivity (Wildman–Crippen MR) is 115 cm³/mol. The van der Waals surface area contributed by atoms with Crippen molar-refractivity contribution >= 4 is 28.5 Å². The third-order valence-corrected chi connectivity index (χ3v) is 5.75. The fraction of sp³-hybridized carbons (Fsp3) is 0.174. The molecule has 2 heterocycles. The Balaban J connectivity index is 1.35. The van der Waals surface area contributed by atoms with Crippen molar-refractivity contribution in [2.24, 2.45) is 0 Å². The van der Waals surface area contributed by atoms with E-state index in [9.17, 15) is 4.79 Å². The third-order valence-electron chi connectivity index (χ3n) is 4.76. The highest BCUT2D eigenvalue weighted by Gasteiger charge is 2.21. The normalized spacial score (nSPS) is 13.8. The summed E-state index contributed by atoms with van der Waals surface area (Å²) in [6, 6.07) is 19.6. The van der Waals surface area contributed by atoms with Crippen molar-refractivity contribution in [3.8, 4) is 6.07 Å². The fourth-order valence-electron chi connectivity index (χ4n) is 3.27. The van der Waals surface area contributed by atoms with E-state index >= 15 is 0 Å². The first kappa shape index (κ1) is 19.1. The van der Waals surface area contributed by atoms with Gasteiger partial charge in [-0.05, 0) is 29.3 Å². The first-order valence-corrected chi connectivity index (χ1v) is 10.3. The third kappa shape index (κ3) is 4.96. The lowest BCUT2D eigenvalue weighted by Gasteiger charge is -2.25. The Kier molecular flexibility index (Phi) is 5.80. The minimum Gasteiger partial charge on any atom is -0.298 e. The van der Waals surface area contributed by atoms with Gasteiger partial charge in [-0.3, -0.25) is 15.0 Å². The van der Waals surface area contributed by atoms with Gasteiger partial charge in [0, 0.05) is 37.0 Å². The standard InChI is InChI=1S/C23H20N4OS/c24-14-18-8-6-17(7-9-18)10-11-22(28)26-23-25-20-12-13-27(16-21(20)29-23)15-19-4-2-1-3-5-19/h1-11H,12-13,15-16H2,(H,25,26,28)/b11-10+. The average Bonchev–Trinajstić information content (AvgIpc) is 3.15. The molecule has 0 saturated carbocycles. The quantitative estimate of drug-likeness (QED) is 0.651. The molecule has 4 rings (SSSR count). The molecule has 0 radical (unpaired) electrons. The number of hydrogen-bond acceptors (Lipinski definition) is 5. The molecule has 0 fully saturated rings. The van der Waals surface area contributed by atoms with Crippen LogP contribution in [0.3, 0.4) is 0 Å². The van der Waals surface area contributed by atoms with Crippen molar-refractivity contribution in [1.29, 1.82) is 5.26 Å². The van der Waals surface area contributed by atoms with Gasteiger partial charge in [-0.15, -0.1) is 11.3 Å². The Labute approximate surface area is 173 Å². The van der Waals surface area contributed by atoms with E-state index in [0.717, 1.165) is 37.3 Å². The number of aromatic nitrogens is 1. The molecule has 0 spiro atoms. The molecule has 3 aromatic rings. The van der Waals surface area contributed by atoms with Crippen LogP contribution in [-0.2, 0) is 24.3 Å². The summed E-state index contributed by atoms with van der Waals surface area (Å²) >= 11 is 1.55. The molecule has 0 bridgehead atoms. The van der Waals surface area contributed by atoms with Gasteiger partial charge >= 0.3 is 0 Å². The molecule has 6 heteroatoms. The molecular weight excluding hydrogens is 380 g/mol. The van der Waals surface area contributed by atoms with Crippen LogP contribution in [0, 0.1) is 11.3 Å². The fourth-order valence-corrected chi connectivity index (χ4v) is 4.32. The van der Waals surface area contributed by atoms with Crippen LogP contribution < -0.4 is 5.32 Å². The van der Waals surface area contributed by atoms with E-state index in [1.54, 1.807) is 29.5 Å². The van der Waals surface area contributed by atoms with Crippen LogP contribution in [0.25, 0.3) is 6.08 Å². The van der Waals surface area contributed by atoms with Gasteiger partial charge in [-0.25, -0.2) is 4.98 Å². The van der Waals surface area contributed by atoms with Crippen molar-refractivity contribution in [1.82, 2.24) is 9.88 Å². The maximum Gasteiger partial charge on any atom is 0.250 e. The van der Waals surface area contributed by atoms with Gasteiger partial charge in [-0.1, -0.05) is 42.5 Å². The highest BCUT2D eigenvalue weighted by molar-refractivity contribution is 7.15.